The number of hydrogen-bond donors (Lipinski definition) is 1. The zero-order chi connectivity index (χ0) is 34.2. The van der Waals surface area contributed by atoms with E-state index in [4.69, 9.17) is 9.41 Å². The maximum absolute atomic E-state index is 7.15. The van der Waals surface area contributed by atoms with Crippen LogP contribution in [0, 0.1) is 0 Å². The van der Waals surface area contributed by atoms with E-state index in [0.717, 1.165) is 77.5 Å². The minimum absolute atomic E-state index is 0.254. The Labute approximate surface area is 299 Å². The maximum Gasteiger partial charge on any atom is 0.160 e. The fraction of sp³-hybridized carbons (Fsp3) is 0.0208. The van der Waals surface area contributed by atoms with Crippen molar-refractivity contribution < 1.29 is 4.42 Å². The van der Waals surface area contributed by atoms with Crippen molar-refractivity contribution in [1.82, 2.24) is 9.88 Å². The lowest BCUT2D eigenvalue weighted by Gasteiger charge is -2.25. The van der Waals surface area contributed by atoms with Crippen LogP contribution in [0.4, 0.5) is 0 Å². The van der Waals surface area contributed by atoms with Crippen molar-refractivity contribution in [2.45, 2.75) is 6.17 Å². The summed E-state index contributed by atoms with van der Waals surface area (Å²) >= 11 is 0. The smallest absolute Gasteiger partial charge is 0.160 e. The molecule has 0 saturated heterocycles. The number of nitrogens with zero attached hydrogens (tertiary/aromatic N) is 2. The summed E-state index contributed by atoms with van der Waals surface area (Å²) in [7, 11) is 0. The monoisotopic (exact) mass is 665 g/mol. The van der Waals surface area contributed by atoms with E-state index in [9.17, 15) is 0 Å². The summed E-state index contributed by atoms with van der Waals surface area (Å²) in [5.74, 6) is 0. The summed E-state index contributed by atoms with van der Waals surface area (Å²) in [4.78, 5) is 5.22. The number of benzene rings is 8. The summed E-state index contributed by atoms with van der Waals surface area (Å²) < 4.78 is 9.54. The molecule has 11 rings (SSSR count). The third-order valence-corrected chi connectivity index (χ3v) is 10.6. The molecule has 4 heteroatoms. The van der Waals surface area contributed by atoms with Gasteiger partial charge in [0.1, 0.15) is 11.7 Å². The van der Waals surface area contributed by atoms with Crippen molar-refractivity contribution >= 4 is 76.7 Å². The average molecular weight is 666 g/mol. The maximum atomic E-state index is 7.15. The van der Waals surface area contributed by atoms with E-state index in [1.807, 2.05) is 12.1 Å². The van der Waals surface area contributed by atoms with E-state index in [1.54, 1.807) is 0 Å². The quantitative estimate of drug-likeness (QED) is 0.203. The summed E-state index contributed by atoms with van der Waals surface area (Å²) in [6, 6.07) is 60.3. The predicted octanol–water partition coefficient (Wildman–Crippen LogP) is 12.1. The first-order valence-corrected chi connectivity index (χ1v) is 17.7. The summed E-state index contributed by atoms with van der Waals surface area (Å²) in [5.41, 5.74) is 10.2. The molecule has 2 aromatic heterocycles. The van der Waals surface area contributed by atoms with E-state index in [-0.39, 0.29) is 6.17 Å². The Morgan fingerprint density at radius 1 is 0.519 bits per heavy atom. The first-order valence-electron chi connectivity index (χ1n) is 17.7. The molecular weight excluding hydrogens is 635 g/mol. The molecule has 1 aliphatic heterocycles. The lowest BCUT2D eigenvalue weighted by atomic mass is 9.97. The van der Waals surface area contributed by atoms with Crippen molar-refractivity contribution in [3.05, 3.63) is 193 Å². The number of rotatable bonds is 4. The molecule has 52 heavy (non-hydrogen) atoms. The SMILES string of the molecule is C1=C(c2ccc(-n3c4ccccc4c4cc5ccccc5cc43)c3oc4c5ccccc5ccc4c23)NC(c2ccccc2)N=C1c1ccccc1. The van der Waals surface area contributed by atoms with Gasteiger partial charge in [-0.15, -0.1) is 0 Å². The van der Waals surface area contributed by atoms with E-state index in [0.29, 0.717) is 0 Å². The third-order valence-electron chi connectivity index (χ3n) is 10.6. The van der Waals surface area contributed by atoms with Crippen LogP contribution in [0.5, 0.6) is 0 Å². The number of furan rings is 1. The van der Waals surface area contributed by atoms with Crippen molar-refractivity contribution in [2.24, 2.45) is 4.99 Å². The van der Waals surface area contributed by atoms with Crippen molar-refractivity contribution in [3.63, 3.8) is 0 Å². The second-order valence-corrected chi connectivity index (χ2v) is 13.6. The van der Waals surface area contributed by atoms with Crippen LogP contribution in [0.2, 0.25) is 0 Å². The van der Waals surface area contributed by atoms with Crippen molar-refractivity contribution in [2.75, 3.05) is 0 Å². The molecule has 0 fully saturated rings. The number of fused-ring (bicyclic) bond motifs is 9. The average Bonchev–Trinajstić information content (AvgIpc) is 3.77. The Balaban J connectivity index is 1.23. The van der Waals surface area contributed by atoms with Crippen LogP contribution in [-0.4, -0.2) is 10.3 Å². The van der Waals surface area contributed by atoms with Crippen LogP contribution in [0.15, 0.2) is 185 Å². The molecule has 1 N–H and O–H groups in total. The van der Waals surface area contributed by atoms with Gasteiger partial charge >= 0.3 is 0 Å². The van der Waals surface area contributed by atoms with Gasteiger partial charge in [0.15, 0.2) is 5.58 Å². The Hall–Kier alpha value is -6.91. The van der Waals surface area contributed by atoms with Gasteiger partial charge in [-0.25, -0.2) is 0 Å². The highest BCUT2D eigenvalue weighted by Crippen LogP contribution is 2.44. The second-order valence-electron chi connectivity index (χ2n) is 13.6. The first kappa shape index (κ1) is 28.9. The highest BCUT2D eigenvalue weighted by atomic mass is 16.3. The van der Waals surface area contributed by atoms with Gasteiger partial charge in [-0.05, 0) is 69.8 Å². The van der Waals surface area contributed by atoms with E-state index in [2.05, 4.69) is 174 Å². The normalized spacial score (nSPS) is 14.7. The molecule has 0 bridgehead atoms. The predicted molar refractivity (Wildman–Crippen MR) is 216 cm³/mol. The summed E-state index contributed by atoms with van der Waals surface area (Å²) in [5, 5.41) is 13.1. The Morgan fingerprint density at radius 2 is 1.21 bits per heavy atom. The van der Waals surface area contributed by atoms with E-state index >= 15 is 0 Å². The molecule has 0 amide bonds. The molecule has 1 atom stereocenters. The Kier molecular flexibility index (Phi) is 6.28. The first-order chi connectivity index (χ1) is 25.8. The number of aromatic nitrogens is 1. The molecule has 1 unspecified atom stereocenters. The standard InChI is InChI=1S/C48H31N3O/c1-3-14-31(15-4-1)40-29-41(50-48(49-40)32-16-5-2-6-17-32)37-25-26-43(47-45(37)38-24-23-30-13-9-10-20-35(30)46(38)52-47)51-42-22-12-11-21-36(42)39-27-33-18-7-8-19-34(33)28-44(39)51/h1-29,48,50H. The fourth-order valence-electron chi connectivity index (χ4n) is 8.16. The highest BCUT2D eigenvalue weighted by molar-refractivity contribution is 6.22. The van der Waals surface area contributed by atoms with Gasteiger partial charge in [0.05, 0.1) is 22.4 Å². The van der Waals surface area contributed by atoms with Gasteiger partial charge in [-0.1, -0.05) is 133 Å². The molecule has 244 valence electrons. The zero-order valence-corrected chi connectivity index (χ0v) is 28.1. The number of hydrogen-bond acceptors (Lipinski definition) is 3. The van der Waals surface area contributed by atoms with Crippen LogP contribution in [-0.2, 0) is 0 Å². The van der Waals surface area contributed by atoms with Gasteiger partial charge in [-0.2, -0.15) is 0 Å². The molecule has 0 spiro atoms. The minimum Gasteiger partial charge on any atom is -0.453 e. The lowest BCUT2D eigenvalue weighted by Crippen LogP contribution is -2.25. The van der Waals surface area contributed by atoms with Crippen LogP contribution in [0.3, 0.4) is 0 Å². The fourth-order valence-corrected chi connectivity index (χ4v) is 8.16. The number of aliphatic imine (C=N–C) groups is 1. The van der Waals surface area contributed by atoms with Crippen LogP contribution in [0.1, 0.15) is 22.9 Å². The van der Waals surface area contributed by atoms with Crippen LogP contribution >= 0.6 is 0 Å². The second kappa shape index (κ2) is 11.3. The van der Waals surface area contributed by atoms with Gasteiger partial charge in [0.25, 0.3) is 0 Å². The van der Waals surface area contributed by atoms with Crippen LogP contribution < -0.4 is 5.32 Å². The number of allylic oxidation sites excluding steroid dienone is 1. The highest BCUT2D eigenvalue weighted by Gasteiger charge is 2.26. The molecule has 0 radical (unpaired) electrons. The molecule has 4 nitrogen and oxygen atoms in total. The topological polar surface area (TPSA) is 42.5 Å². The van der Waals surface area contributed by atoms with Gasteiger partial charge < -0.3 is 14.3 Å². The molecular formula is C48H31N3O. The van der Waals surface area contributed by atoms with Gasteiger partial charge in [-0.3, -0.25) is 4.99 Å². The Morgan fingerprint density at radius 3 is 2.04 bits per heavy atom. The zero-order valence-electron chi connectivity index (χ0n) is 28.1. The number of nitrogens with one attached hydrogen (secondary N) is 1. The minimum atomic E-state index is -0.254. The van der Waals surface area contributed by atoms with Crippen LogP contribution in [0.25, 0.3) is 76.7 Å². The van der Waals surface area contributed by atoms with Gasteiger partial charge in [0.2, 0.25) is 0 Å². The molecule has 1 aliphatic rings. The van der Waals surface area contributed by atoms with E-state index < -0.39 is 0 Å². The van der Waals surface area contributed by atoms with E-state index in [1.165, 1.54) is 21.5 Å². The molecule has 8 aromatic carbocycles. The lowest BCUT2D eigenvalue weighted by molar-refractivity contribution is 0.663. The van der Waals surface area contributed by atoms with Crippen molar-refractivity contribution in [3.8, 4) is 5.69 Å². The third kappa shape index (κ3) is 4.38. The van der Waals surface area contributed by atoms with Gasteiger partial charge in [0, 0.05) is 38.2 Å². The summed E-state index contributed by atoms with van der Waals surface area (Å²) in [6.45, 7) is 0. The summed E-state index contributed by atoms with van der Waals surface area (Å²) in [6.07, 6.45) is 1.94. The Bertz CT molecular complexity index is 3090. The molecule has 10 aromatic rings. The largest absolute Gasteiger partial charge is 0.453 e. The van der Waals surface area contributed by atoms with Crippen molar-refractivity contribution in [1.29, 1.82) is 0 Å². The molecule has 0 aliphatic carbocycles. The molecule has 0 saturated carbocycles. The number of para-hydroxylation sites is 1. The molecule has 3 heterocycles.